The molecule has 0 aromatic heterocycles. The minimum atomic E-state index is -0.420. The largest absolute Gasteiger partial charge is 0.394 e. The molecule has 0 heterocycles. The van der Waals surface area contributed by atoms with Gasteiger partial charge in [0.1, 0.15) is 0 Å². The Kier molecular flexibility index (Phi) is 5.55. The molecule has 2 aromatic carbocycles. The van der Waals surface area contributed by atoms with Gasteiger partial charge in [-0.1, -0.05) is 56.3 Å². The van der Waals surface area contributed by atoms with Crippen molar-refractivity contribution in [1.29, 1.82) is 0 Å². The van der Waals surface area contributed by atoms with Crippen LogP contribution in [0.3, 0.4) is 0 Å². The van der Waals surface area contributed by atoms with E-state index in [0.29, 0.717) is 5.92 Å². The zero-order valence-corrected chi connectivity index (χ0v) is 12.9. The Labute approximate surface area is 131 Å². The first-order chi connectivity index (χ1) is 10.6. The van der Waals surface area contributed by atoms with Crippen LogP contribution in [0.1, 0.15) is 36.9 Å². The van der Waals surface area contributed by atoms with Gasteiger partial charge in [-0.15, -0.1) is 0 Å². The SMILES string of the molecule is CC(C)c1ccc(NC(=O)NC(CO)c2ccccc2)cc1. The van der Waals surface area contributed by atoms with Crippen molar-refractivity contribution < 1.29 is 9.90 Å². The quantitative estimate of drug-likeness (QED) is 0.789. The van der Waals surface area contributed by atoms with Crippen molar-refractivity contribution in [2.24, 2.45) is 0 Å². The Bertz CT molecular complexity index is 594. The molecule has 22 heavy (non-hydrogen) atoms. The summed E-state index contributed by atoms with van der Waals surface area (Å²) in [7, 11) is 0. The summed E-state index contributed by atoms with van der Waals surface area (Å²) in [6.07, 6.45) is 0. The Morgan fingerprint density at radius 1 is 1.00 bits per heavy atom. The second-order valence-electron chi connectivity index (χ2n) is 5.52. The number of hydrogen-bond donors (Lipinski definition) is 3. The Balaban J connectivity index is 1.97. The topological polar surface area (TPSA) is 61.4 Å². The Hall–Kier alpha value is -2.33. The predicted molar refractivity (Wildman–Crippen MR) is 89.0 cm³/mol. The maximum atomic E-state index is 12.0. The molecule has 3 N–H and O–H groups in total. The first-order valence-corrected chi connectivity index (χ1v) is 7.43. The lowest BCUT2D eigenvalue weighted by atomic mass is 10.0. The first-order valence-electron chi connectivity index (χ1n) is 7.43. The molecule has 0 aliphatic heterocycles. The van der Waals surface area contributed by atoms with Crippen molar-refractivity contribution in [3.05, 3.63) is 65.7 Å². The summed E-state index contributed by atoms with van der Waals surface area (Å²) in [5.41, 5.74) is 2.82. The summed E-state index contributed by atoms with van der Waals surface area (Å²) < 4.78 is 0. The second kappa shape index (κ2) is 7.61. The van der Waals surface area contributed by atoms with E-state index in [2.05, 4.69) is 24.5 Å². The summed E-state index contributed by atoms with van der Waals surface area (Å²) in [5, 5.41) is 15.0. The van der Waals surface area contributed by atoms with Crippen molar-refractivity contribution in [3.8, 4) is 0 Å². The van der Waals surface area contributed by atoms with Crippen LogP contribution in [-0.2, 0) is 0 Å². The average molecular weight is 298 g/mol. The van der Waals surface area contributed by atoms with Crippen molar-refractivity contribution in [2.75, 3.05) is 11.9 Å². The molecule has 0 saturated carbocycles. The van der Waals surface area contributed by atoms with Gasteiger partial charge in [-0.3, -0.25) is 0 Å². The zero-order valence-electron chi connectivity index (χ0n) is 12.9. The molecule has 2 aromatic rings. The van der Waals surface area contributed by atoms with Crippen LogP contribution in [0.4, 0.5) is 10.5 Å². The fourth-order valence-corrected chi connectivity index (χ4v) is 2.20. The van der Waals surface area contributed by atoms with E-state index < -0.39 is 6.04 Å². The van der Waals surface area contributed by atoms with Crippen LogP contribution in [0.5, 0.6) is 0 Å². The number of carbonyl (C=O) groups excluding carboxylic acids is 1. The molecule has 4 heteroatoms. The lowest BCUT2D eigenvalue weighted by Gasteiger charge is -2.17. The molecule has 0 aliphatic rings. The number of rotatable bonds is 5. The smallest absolute Gasteiger partial charge is 0.319 e. The van der Waals surface area contributed by atoms with Gasteiger partial charge in [0.25, 0.3) is 0 Å². The molecule has 0 spiro atoms. The minimum absolute atomic E-state index is 0.149. The highest BCUT2D eigenvalue weighted by atomic mass is 16.3. The monoisotopic (exact) mass is 298 g/mol. The van der Waals surface area contributed by atoms with Gasteiger partial charge in [0.2, 0.25) is 0 Å². The number of benzene rings is 2. The third-order valence-corrected chi connectivity index (χ3v) is 3.53. The van der Waals surface area contributed by atoms with E-state index in [4.69, 9.17) is 0 Å². The maximum Gasteiger partial charge on any atom is 0.319 e. The highest BCUT2D eigenvalue weighted by Gasteiger charge is 2.13. The van der Waals surface area contributed by atoms with Gasteiger partial charge < -0.3 is 15.7 Å². The van der Waals surface area contributed by atoms with Gasteiger partial charge in [0.15, 0.2) is 0 Å². The van der Waals surface area contributed by atoms with Crippen LogP contribution in [0.15, 0.2) is 54.6 Å². The fraction of sp³-hybridized carbons (Fsp3) is 0.278. The standard InChI is InChI=1S/C18H22N2O2/c1-13(2)14-8-10-16(11-9-14)19-18(22)20-17(12-21)15-6-4-3-5-7-15/h3-11,13,17,21H,12H2,1-2H3,(H2,19,20,22). The van der Waals surface area contributed by atoms with Gasteiger partial charge in [-0.2, -0.15) is 0 Å². The van der Waals surface area contributed by atoms with Crippen LogP contribution >= 0.6 is 0 Å². The van der Waals surface area contributed by atoms with Crippen molar-refractivity contribution in [3.63, 3.8) is 0 Å². The molecule has 0 saturated heterocycles. The predicted octanol–water partition coefficient (Wildman–Crippen LogP) is 3.67. The number of nitrogens with one attached hydrogen (secondary N) is 2. The molecule has 4 nitrogen and oxygen atoms in total. The zero-order chi connectivity index (χ0) is 15.9. The summed E-state index contributed by atoms with van der Waals surface area (Å²) in [6, 6.07) is 16.4. The lowest BCUT2D eigenvalue weighted by molar-refractivity contribution is 0.225. The van der Waals surface area contributed by atoms with E-state index in [1.54, 1.807) is 0 Å². The number of carbonyl (C=O) groups is 1. The summed E-state index contributed by atoms with van der Waals surface area (Å²) in [4.78, 5) is 12.0. The number of aliphatic hydroxyl groups excluding tert-OH is 1. The van der Waals surface area contributed by atoms with Crippen LogP contribution in [0.2, 0.25) is 0 Å². The van der Waals surface area contributed by atoms with Crippen molar-refractivity contribution in [2.45, 2.75) is 25.8 Å². The third kappa shape index (κ3) is 4.33. The highest BCUT2D eigenvalue weighted by Crippen LogP contribution is 2.17. The van der Waals surface area contributed by atoms with Crippen LogP contribution in [0, 0.1) is 0 Å². The van der Waals surface area contributed by atoms with Crippen LogP contribution < -0.4 is 10.6 Å². The highest BCUT2D eigenvalue weighted by molar-refractivity contribution is 5.89. The maximum absolute atomic E-state index is 12.0. The van der Waals surface area contributed by atoms with Crippen molar-refractivity contribution >= 4 is 11.7 Å². The summed E-state index contributed by atoms with van der Waals surface area (Å²) in [5.74, 6) is 0.458. The lowest BCUT2D eigenvalue weighted by Crippen LogP contribution is -2.34. The molecule has 0 bridgehead atoms. The molecular formula is C18H22N2O2. The number of hydrogen-bond acceptors (Lipinski definition) is 2. The summed E-state index contributed by atoms with van der Waals surface area (Å²) >= 11 is 0. The fourth-order valence-electron chi connectivity index (χ4n) is 2.20. The van der Waals surface area contributed by atoms with Gasteiger partial charge in [-0.25, -0.2) is 4.79 Å². The van der Waals surface area contributed by atoms with Gasteiger partial charge in [0.05, 0.1) is 12.6 Å². The van der Waals surface area contributed by atoms with Crippen molar-refractivity contribution in [1.82, 2.24) is 5.32 Å². The molecule has 2 rings (SSSR count). The minimum Gasteiger partial charge on any atom is -0.394 e. The van der Waals surface area contributed by atoms with Crippen LogP contribution in [-0.4, -0.2) is 17.7 Å². The number of amides is 2. The van der Waals surface area contributed by atoms with E-state index in [1.165, 1.54) is 5.56 Å². The molecule has 0 fully saturated rings. The van der Waals surface area contributed by atoms with E-state index in [0.717, 1.165) is 11.3 Å². The molecule has 0 radical (unpaired) electrons. The second-order valence-corrected chi connectivity index (χ2v) is 5.52. The summed E-state index contributed by atoms with van der Waals surface area (Å²) in [6.45, 7) is 4.10. The molecule has 0 aliphatic carbocycles. The number of anilines is 1. The molecule has 2 amide bonds. The van der Waals surface area contributed by atoms with E-state index >= 15 is 0 Å². The van der Waals surface area contributed by atoms with Crippen LogP contribution in [0.25, 0.3) is 0 Å². The van der Waals surface area contributed by atoms with Gasteiger partial charge >= 0.3 is 6.03 Å². The van der Waals surface area contributed by atoms with Gasteiger partial charge in [-0.05, 0) is 29.2 Å². The average Bonchev–Trinajstić information content (AvgIpc) is 2.54. The van der Waals surface area contributed by atoms with E-state index in [9.17, 15) is 9.90 Å². The normalized spacial score (nSPS) is 12.0. The third-order valence-electron chi connectivity index (χ3n) is 3.53. The number of urea groups is 1. The Morgan fingerprint density at radius 2 is 1.64 bits per heavy atom. The Morgan fingerprint density at radius 3 is 2.18 bits per heavy atom. The molecule has 116 valence electrons. The molecule has 1 atom stereocenters. The van der Waals surface area contributed by atoms with E-state index in [-0.39, 0.29) is 12.6 Å². The first kappa shape index (κ1) is 16.0. The molecular weight excluding hydrogens is 276 g/mol. The molecule has 1 unspecified atom stereocenters. The van der Waals surface area contributed by atoms with Gasteiger partial charge in [0, 0.05) is 5.69 Å². The number of aliphatic hydroxyl groups is 1. The van der Waals surface area contributed by atoms with E-state index in [1.807, 2.05) is 54.6 Å².